The Hall–Kier alpha value is -1.46. The minimum atomic E-state index is -0.850. The minimum Gasteiger partial charge on any atom is -0.452 e. The van der Waals surface area contributed by atoms with Crippen LogP contribution < -0.4 is 5.32 Å². The first-order chi connectivity index (χ1) is 10.9. The van der Waals surface area contributed by atoms with Crippen molar-refractivity contribution >= 4 is 64.0 Å². The summed E-state index contributed by atoms with van der Waals surface area (Å²) in [5.74, 6) is -1.41. The number of halogens is 4. The van der Waals surface area contributed by atoms with E-state index in [1.165, 1.54) is 12.1 Å². The molecule has 0 aliphatic rings. The average molecular weight is 393 g/mol. The summed E-state index contributed by atoms with van der Waals surface area (Å²) in [6, 6.07) is 9.53. The summed E-state index contributed by atoms with van der Waals surface area (Å²) in [6.45, 7) is -0.525. The molecule has 0 heterocycles. The van der Waals surface area contributed by atoms with E-state index in [2.05, 4.69) is 5.32 Å². The van der Waals surface area contributed by atoms with Crippen LogP contribution in [0, 0.1) is 0 Å². The molecular weight excluding hydrogens is 384 g/mol. The molecule has 2 rings (SSSR count). The van der Waals surface area contributed by atoms with Crippen molar-refractivity contribution in [3.05, 3.63) is 62.1 Å². The predicted octanol–water partition coefficient (Wildman–Crippen LogP) is 5.10. The van der Waals surface area contributed by atoms with E-state index in [0.29, 0.717) is 10.7 Å². The molecule has 23 heavy (non-hydrogen) atoms. The van der Waals surface area contributed by atoms with E-state index in [4.69, 9.17) is 51.1 Å². The fourth-order valence-electron chi connectivity index (χ4n) is 1.67. The number of benzene rings is 2. The second-order valence-corrected chi connectivity index (χ2v) is 5.92. The van der Waals surface area contributed by atoms with E-state index in [0.717, 1.165) is 0 Å². The lowest BCUT2D eigenvalue weighted by Gasteiger charge is -2.10. The third kappa shape index (κ3) is 4.52. The van der Waals surface area contributed by atoms with E-state index in [1.807, 2.05) is 0 Å². The second kappa shape index (κ2) is 7.88. The van der Waals surface area contributed by atoms with Gasteiger partial charge in [-0.2, -0.15) is 0 Å². The van der Waals surface area contributed by atoms with Crippen LogP contribution in [-0.4, -0.2) is 18.5 Å². The Morgan fingerprint density at radius 2 is 1.57 bits per heavy atom. The molecule has 2 aromatic rings. The van der Waals surface area contributed by atoms with Crippen molar-refractivity contribution in [2.75, 3.05) is 11.9 Å². The van der Waals surface area contributed by atoms with Crippen LogP contribution in [0.3, 0.4) is 0 Å². The zero-order chi connectivity index (χ0) is 17.0. The van der Waals surface area contributed by atoms with Crippen molar-refractivity contribution in [2.24, 2.45) is 0 Å². The molecule has 0 aliphatic heterocycles. The number of nitrogens with one attached hydrogen (secondary N) is 1. The van der Waals surface area contributed by atoms with Gasteiger partial charge in [0.1, 0.15) is 0 Å². The highest BCUT2D eigenvalue weighted by atomic mass is 35.5. The van der Waals surface area contributed by atoms with Crippen molar-refractivity contribution in [1.29, 1.82) is 0 Å². The first kappa shape index (κ1) is 17.9. The van der Waals surface area contributed by atoms with Gasteiger partial charge in [0.15, 0.2) is 6.61 Å². The van der Waals surface area contributed by atoms with Gasteiger partial charge in [0, 0.05) is 0 Å². The Labute approximate surface area is 152 Å². The summed E-state index contributed by atoms with van der Waals surface area (Å²) >= 11 is 23.6. The van der Waals surface area contributed by atoms with E-state index in [9.17, 15) is 9.59 Å². The molecule has 4 nitrogen and oxygen atoms in total. The van der Waals surface area contributed by atoms with Crippen molar-refractivity contribution in [1.82, 2.24) is 0 Å². The van der Waals surface area contributed by atoms with Gasteiger partial charge in [-0.1, -0.05) is 58.5 Å². The summed E-state index contributed by atoms with van der Waals surface area (Å²) in [5.41, 5.74) is 0.320. The van der Waals surface area contributed by atoms with Crippen LogP contribution in [0.1, 0.15) is 10.4 Å². The van der Waals surface area contributed by atoms with Gasteiger partial charge in [-0.25, -0.2) is 4.79 Å². The number of ether oxygens (including phenoxy) is 1. The molecule has 0 radical (unpaired) electrons. The smallest absolute Gasteiger partial charge is 0.341 e. The normalized spacial score (nSPS) is 10.3. The number of anilines is 1. The largest absolute Gasteiger partial charge is 0.452 e. The average Bonchev–Trinajstić information content (AvgIpc) is 2.51. The second-order valence-electron chi connectivity index (χ2n) is 4.32. The number of amides is 1. The Bertz CT molecular complexity index is 764. The fourth-order valence-corrected chi connectivity index (χ4v) is 2.53. The Balaban J connectivity index is 2.01. The van der Waals surface area contributed by atoms with E-state index in [-0.39, 0.29) is 20.6 Å². The number of rotatable bonds is 4. The highest BCUT2D eigenvalue weighted by Gasteiger charge is 2.19. The van der Waals surface area contributed by atoms with Gasteiger partial charge in [-0.05, 0) is 24.3 Å². The number of carbonyl (C=O) groups is 2. The SMILES string of the molecule is O=C(COC(=O)c1c(Cl)ccc(Cl)c1Cl)Nc1ccccc1Cl. The number of hydrogen-bond donors (Lipinski definition) is 1. The first-order valence-electron chi connectivity index (χ1n) is 6.25. The van der Waals surface area contributed by atoms with Gasteiger partial charge in [-0.15, -0.1) is 0 Å². The summed E-state index contributed by atoms with van der Waals surface area (Å²) in [5, 5.41) is 3.09. The van der Waals surface area contributed by atoms with Gasteiger partial charge >= 0.3 is 5.97 Å². The minimum absolute atomic E-state index is 0.0318. The van der Waals surface area contributed by atoms with Gasteiger partial charge < -0.3 is 10.1 Å². The van der Waals surface area contributed by atoms with Crippen LogP contribution in [-0.2, 0) is 9.53 Å². The quantitative estimate of drug-likeness (QED) is 0.581. The van der Waals surface area contributed by atoms with Crippen molar-refractivity contribution < 1.29 is 14.3 Å². The van der Waals surface area contributed by atoms with Crippen LogP contribution in [0.15, 0.2) is 36.4 Å². The molecule has 0 bridgehead atoms. The molecule has 0 saturated carbocycles. The first-order valence-corrected chi connectivity index (χ1v) is 7.76. The maximum absolute atomic E-state index is 12.0. The third-order valence-corrected chi connectivity index (χ3v) is 4.18. The third-order valence-electron chi connectivity index (χ3n) is 2.73. The predicted molar refractivity (Wildman–Crippen MR) is 91.8 cm³/mol. The molecule has 1 amide bonds. The molecule has 2 aromatic carbocycles. The van der Waals surface area contributed by atoms with Gasteiger partial charge in [0.05, 0.1) is 31.3 Å². The molecule has 0 spiro atoms. The van der Waals surface area contributed by atoms with Crippen molar-refractivity contribution in [3.8, 4) is 0 Å². The van der Waals surface area contributed by atoms with E-state index < -0.39 is 18.5 Å². The summed E-state index contributed by atoms with van der Waals surface area (Å²) in [7, 11) is 0. The summed E-state index contributed by atoms with van der Waals surface area (Å²) in [4.78, 5) is 23.8. The van der Waals surface area contributed by atoms with Gasteiger partial charge in [0.2, 0.25) is 0 Å². The van der Waals surface area contributed by atoms with Crippen LogP contribution >= 0.6 is 46.4 Å². The van der Waals surface area contributed by atoms with E-state index >= 15 is 0 Å². The molecule has 0 aromatic heterocycles. The topological polar surface area (TPSA) is 55.4 Å². The molecule has 0 aliphatic carbocycles. The zero-order valence-corrected chi connectivity index (χ0v) is 14.4. The monoisotopic (exact) mass is 391 g/mol. The van der Waals surface area contributed by atoms with Gasteiger partial charge in [0.25, 0.3) is 5.91 Å². The molecule has 0 atom stereocenters. The summed E-state index contributed by atoms with van der Waals surface area (Å²) < 4.78 is 4.90. The Morgan fingerprint density at radius 3 is 2.26 bits per heavy atom. The molecule has 0 unspecified atom stereocenters. The van der Waals surface area contributed by atoms with Crippen LogP contribution in [0.2, 0.25) is 20.1 Å². The highest BCUT2D eigenvalue weighted by Crippen LogP contribution is 2.31. The lowest BCUT2D eigenvalue weighted by atomic mass is 10.2. The maximum Gasteiger partial charge on any atom is 0.341 e. The van der Waals surface area contributed by atoms with Crippen molar-refractivity contribution in [3.63, 3.8) is 0 Å². The van der Waals surface area contributed by atoms with Crippen molar-refractivity contribution in [2.45, 2.75) is 0 Å². The van der Waals surface area contributed by atoms with Crippen LogP contribution in [0.5, 0.6) is 0 Å². The Morgan fingerprint density at radius 1 is 0.913 bits per heavy atom. The molecule has 120 valence electrons. The number of esters is 1. The molecule has 8 heteroatoms. The molecule has 1 N–H and O–H groups in total. The number of para-hydroxylation sites is 1. The zero-order valence-electron chi connectivity index (χ0n) is 11.4. The van der Waals surface area contributed by atoms with Crippen LogP contribution in [0.4, 0.5) is 5.69 Å². The maximum atomic E-state index is 12.0. The molecular formula is C15H9Cl4NO3. The fraction of sp³-hybridized carbons (Fsp3) is 0.0667. The van der Waals surface area contributed by atoms with E-state index in [1.54, 1.807) is 24.3 Å². The highest BCUT2D eigenvalue weighted by molar-refractivity contribution is 6.46. The Kier molecular flexibility index (Phi) is 6.13. The number of hydrogen-bond acceptors (Lipinski definition) is 3. The number of carbonyl (C=O) groups excluding carboxylic acids is 2. The summed E-state index contributed by atoms with van der Waals surface area (Å²) in [6.07, 6.45) is 0. The van der Waals surface area contributed by atoms with Crippen LogP contribution in [0.25, 0.3) is 0 Å². The lowest BCUT2D eigenvalue weighted by Crippen LogP contribution is -2.21. The molecule has 0 saturated heterocycles. The van der Waals surface area contributed by atoms with Gasteiger partial charge in [-0.3, -0.25) is 4.79 Å². The molecule has 0 fully saturated rings. The standard InChI is InChI=1S/C15H9Cl4NO3/c16-8-3-1-2-4-11(8)20-12(21)7-23-15(22)13-9(17)5-6-10(18)14(13)19/h1-6H,7H2,(H,20,21). The lowest BCUT2D eigenvalue weighted by molar-refractivity contribution is -0.119.